The van der Waals surface area contributed by atoms with E-state index < -0.39 is 17.8 Å². The molecule has 0 bridgehead atoms. The Morgan fingerprint density at radius 2 is 1.68 bits per heavy atom. The Bertz CT molecular complexity index is 1040. The van der Waals surface area contributed by atoms with Crippen LogP contribution in [0.25, 0.3) is 11.8 Å². The zero-order valence-corrected chi connectivity index (χ0v) is 16.7. The van der Waals surface area contributed by atoms with Crippen molar-refractivity contribution in [3.63, 3.8) is 0 Å². The lowest BCUT2D eigenvalue weighted by atomic mass is 10.1. The highest BCUT2D eigenvalue weighted by atomic mass is 32.1. The molecule has 2 aromatic rings. The van der Waals surface area contributed by atoms with Crippen LogP contribution in [-0.2, 0) is 9.59 Å². The molecule has 2 heterocycles. The van der Waals surface area contributed by atoms with Crippen LogP contribution in [0, 0.1) is 13.8 Å². The van der Waals surface area contributed by atoms with Crippen molar-refractivity contribution in [3.8, 4) is 5.69 Å². The molecule has 1 aliphatic rings. The van der Waals surface area contributed by atoms with Gasteiger partial charge in [-0.05, 0) is 61.5 Å². The van der Waals surface area contributed by atoms with Gasteiger partial charge in [0.05, 0.1) is 5.97 Å². The topological polar surface area (TPSA) is 85.7 Å². The summed E-state index contributed by atoms with van der Waals surface area (Å²) >= 11 is 5.10. The first-order valence-electron chi connectivity index (χ1n) is 8.46. The van der Waals surface area contributed by atoms with Gasteiger partial charge in [-0.3, -0.25) is 19.4 Å². The quantitative estimate of drug-likeness (QED) is 0.440. The number of hydrogen-bond acceptors (Lipinski definition) is 5. The van der Waals surface area contributed by atoms with Gasteiger partial charge in [0.1, 0.15) is 5.57 Å². The number of thiocarbonyl (C=S) groups is 1. The standard InChI is InChI=1S/C20H19N3O4S/c1-11-8-14(10-16-17(24)21(3)20(28)22(4)18(16)25)12(2)23(11)15-7-5-6-13(9-15)19(26)27/h5-10H,1-4H3,(H,26,27)/p-1. The molecule has 0 spiro atoms. The van der Waals surface area contributed by atoms with Gasteiger partial charge in [-0.2, -0.15) is 0 Å². The predicted molar refractivity (Wildman–Crippen MR) is 106 cm³/mol. The SMILES string of the molecule is Cc1cc(C=C2C(=O)N(C)C(=S)N(C)C2=O)c(C)n1-c1cccc(C(=O)[O-])c1. The molecule has 1 saturated heterocycles. The molecule has 1 fully saturated rings. The second kappa shape index (κ2) is 7.05. The van der Waals surface area contributed by atoms with Gasteiger partial charge in [0.2, 0.25) is 0 Å². The number of aromatic nitrogens is 1. The Labute approximate surface area is 167 Å². The lowest BCUT2D eigenvalue weighted by molar-refractivity contribution is -0.255. The van der Waals surface area contributed by atoms with Crippen molar-refractivity contribution in [1.29, 1.82) is 0 Å². The summed E-state index contributed by atoms with van der Waals surface area (Å²) in [7, 11) is 3.05. The summed E-state index contributed by atoms with van der Waals surface area (Å²) in [5.74, 6) is -2.18. The summed E-state index contributed by atoms with van der Waals surface area (Å²) in [5, 5.41) is 11.3. The first kappa shape index (κ1) is 19.5. The van der Waals surface area contributed by atoms with E-state index in [1.54, 1.807) is 18.2 Å². The van der Waals surface area contributed by atoms with Crippen LogP contribution < -0.4 is 5.11 Å². The van der Waals surface area contributed by atoms with E-state index in [2.05, 4.69) is 0 Å². The number of carbonyl (C=O) groups is 3. The molecule has 1 aromatic carbocycles. The number of aromatic carboxylic acids is 1. The number of aryl methyl sites for hydroxylation is 1. The monoisotopic (exact) mass is 396 g/mol. The summed E-state index contributed by atoms with van der Waals surface area (Å²) in [6.07, 6.45) is 1.54. The maximum Gasteiger partial charge on any atom is 0.265 e. The number of nitrogens with zero attached hydrogens (tertiary/aromatic N) is 3. The predicted octanol–water partition coefficient (Wildman–Crippen LogP) is 1.06. The zero-order valence-electron chi connectivity index (χ0n) is 15.8. The minimum Gasteiger partial charge on any atom is -0.545 e. The number of carboxylic acids is 1. The van der Waals surface area contributed by atoms with Crippen LogP contribution in [0.1, 0.15) is 27.3 Å². The van der Waals surface area contributed by atoms with E-state index in [1.165, 1.54) is 36.0 Å². The molecule has 0 saturated carbocycles. The highest BCUT2D eigenvalue weighted by molar-refractivity contribution is 7.80. The minimum atomic E-state index is -1.26. The Morgan fingerprint density at radius 1 is 1.07 bits per heavy atom. The lowest BCUT2D eigenvalue weighted by Crippen LogP contribution is -2.52. The molecule has 0 aliphatic carbocycles. The van der Waals surface area contributed by atoms with E-state index >= 15 is 0 Å². The van der Waals surface area contributed by atoms with Crippen molar-refractivity contribution < 1.29 is 19.5 Å². The lowest BCUT2D eigenvalue weighted by Gasteiger charge is -2.31. The zero-order chi connectivity index (χ0) is 20.7. The molecule has 0 atom stereocenters. The molecular formula is C20H18N3O4S-. The van der Waals surface area contributed by atoms with Crippen molar-refractivity contribution in [3.05, 3.63) is 58.4 Å². The van der Waals surface area contributed by atoms with Crippen LogP contribution >= 0.6 is 12.2 Å². The third kappa shape index (κ3) is 3.11. The molecule has 144 valence electrons. The summed E-state index contributed by atoms with van der Waals surface area (Å²) < 4.78 is 1.86. The smallest absolute Gasteiger partial charge is 0.265 e. The van der Waals surface area contributed by atoms with Crippen molar-refractivity contribution in [2.75, 3.05) is 14.1 Å². The normalized spacial score (nSPS) is 14.7. The van der Waals surface area contributed by atoms with Crippen LogP contribution in [0.2, 0.25) is 0 Å². The highest BCUT2D eigenvalue weighted by Gasteiger charge is 2.35. The van der Waals surface area contributed by atoms with E-state index in [4.69, 9.17) is 12.2 Å². The third-order valence-electron chi connectivity index (χ3n) is 4.75. The van der Waals surface area contributed by atoms with E-state index in [1.807, 2.05) is 24.5 Å². The van der Waals surface area contributed by atoms with E-state index in [0.717, 1.165) is 11.4 Å². The van der Waals surface area contributed by atoms with Crippen molar-refractivity contribution in [2.24, 2.45) is 0 Å². The van der Waals surface area contributed by atoms with Crippen molar-refractivity contribution in [2.45, 2.75) is 13.8 Å². The molecule has 2 amide bonds. The Balaban J connectivity index is 2.10. The molecule has 0 radical (unpaired) electrons. The molecule has 3 rings (SSSR count). The summed E-state index contributed by atoms with van der Waals surface area (Å²) in [6.45, 7) is 3.69. The largest absolute Gasteiger partial charge is 0.545 e. The maximum atomic E-state index is 12.5. The average Bonchev–Trinajstić information content (AvgIpc) is 2.95. The number of carboxylic acid groups (broad SMARTS) is 1. The second-order valence-corrected chi connectivity index (χ2v) is 6.93. The Morgan fingerprint density at radius 3 is 2.25 bits per heavy atom. The van der Waals surface area contributed by atoms with Gasteiger partial charge in [0.25, 0.3) is 11.8 Å². The number of amides is 2. The first-order chi connectivity index (χ1) is 13.1. The molecule has 1 aromatic heterocycles. The van der Waals surface area contributed by atoms with Gasteiger partial charge < -0.3 is 14.5 Å². The molecule has 8 heteroatoms. The molecule has 7 nitrogen and oxygen atoms in total. The fraction of sp³-hybridized carbons (Fsp3) is 0.200. The van der Waals surface area contributed by atoms with E-state index in [-0.39, 0.29) is 16.2 Å². The minimum absolute atomic E-state index is 0.0161. The third-order valence-corrected chi connectivity index (χ3v) is 5.30. The van der Waals surface area contributed by atoms with Gasteiger partial charge in [0.15, 0.2) is 5.11 Å². The van der Waals surface area contributed by atoms with Gasteiger partial charge in [-0.15, -0.1) is 0 Å². The number of benzene rings is 1. The number of likely N-dealkylation sites (N-methyl/N-ethyl adjacent to an activating group) is 2. The number of rotatable bonds is 3. The van der Waals surface area contributed by atoms with Gasteiger partial charge in [-0.1, -0.05) is 12.1 Å². The van der Waals surface area contributed by atoms with E-state index in [9.17, 15) is 19.5 Å². The number of carbonyl (C=O) groups excluding carboxylic acids is 3. The maximum absolute atomic E-state index is 12.5. The van der Waals surface area contributed by atoms with Crippen LogP contribution in [0.5, 0.6) is 0 Å². The molecular weight excluding hydrogens is 378 g/mol. The fourth-order valence-corrected chi connectivity index (χ4v) is 3.40. The Kier molecular flexibility index (Phi) is 4.91. The van der Waals surface area contributed by atoms with Gasteiger partial charge >= 0.3 is 0 Å². The van der Waals surface area contributed by atoms with Crippen LogP contribution in [0.4, 0.5) is 0 Å². The molecule has 1 aliphatic heterocycles. The summed E-state index contributed by atoms with van der Waals surface area (Å²) in [6, 6.07) is 8.23. The molecule has 0 N–H and O–H groups in total. The van der Waals surface area contributed by atoms with Gasteiger partial charge in [-0.25, -0.2) is 0 Å². The van der Waals surface area contributed by atoms with Crippen LogP contribution in [0.15, 0.2) is 35.9 Å². The Hall–Kier alpha value is -3.26. The van der Waals surface area contributed by atoms with Crippen molar-refractivity contribution >= 4 is 41.2 Å². The first-order valence-corrected chi connectivity index (χ1v) is 8.86. The number of hydrogen-bond donors (Lipinski definition) is 0. The summed E-state index contributed by atoms with van der Waals surface area (Å²) in [5.41, 5.74) is 3.01. The molecule has 28 heavy (non-hydrogen) atoms. The molecule has 0 unspecified atom stereocenters. The van der Waals surface area contributed by atoms with Gasteiger partial charge in [0, 0.05) is 31.2 Å². The van der Waals surface area contributed by atoms with Crippen LogP contribution in [-0.4, -0.2) is 51.4 Å². The van der Waals surface area contributed by atoms with Crippen LogP contribution in [0.3, 0.4) is 0 Å². The van der Waals surface area contributed by atoms with E-state index in [0.29, 0.717) is 11.3 Å². The second-order valence-electron chi connectivity index (χ2n) is 6.57. The summed E-state index contributed by atoms with van der Waals surface area (Å²) in [4.78, 5) is 38.7. The average molecular weight is 396 g/mol. The fourth-order valence-electron chi connectivity index (χ4n) is 3.23. The highest BCUT2D eigenvalue weighted by Crippen LogP contribution is 2.25. The van der Waals surface area contributed by atoms with Crippen molar-refractivity contribution in [1.82, 2.24) is 14.4 Å².